The molecule has 0 aliphatic carbocycles. The molecule has 1 N–H and O–H groups in total. The molecule has 0 spiro atoms. The second kappa shape index (κ2) is 7.13. The highest BCUT2D eigenvalue weighted by Crippen LogP contribution is 2.16. The van der Waals surface area contributed by atoms with Crippen LogP contribution < -0.4 is 5.32 Å². The number of sulfone groups is 1. The zero-order valence-electron chi connectivity index (χ0n) is 14.5. The average Bonchev–Trinajstić information content (AvgIpc) is 2.94. The van der Waals surface area contributed by atoms with Gasteiger partial charge in [0.2, 0.25) is 0 Å². The minimum atomic E-state index is -3.29. The van der Waals surface area contributed by atoms with Crippen LogP contribution in [0.4, 0.5) is 5.82 Å². The third-order valence-corrected chi connectivity index (χ3v) is 4.99. The number of hydrogen-bond donors (Lipinski definition) is 1. The Labute approximate surface area is 152 Å². The number of amides is 1. The van der Waals surface area contributed by atoms with Gasteiger partial charge < -0.3 is 5.32 Å². The fourth-order valence-corrected chi connectivity index (χ4v) is 3.20. The first-order valence-corrected chi connectivity index (χ1v) is 9.92. The van der Waals surface area contributed by atoms with Crippen LogP contribution in [0.5, 0.6) is 0 Å². The van der Waals surface area contributed by atoms with E-state index in [4.69, 9.17) is 0 Å². The van der Waals surface area contributed by atoms with E-state index in [1.807, 2.05) is 37.3 Å². The van der Waals surface area contributed by atoms with E-state index < -0.39 is 9.84 Å². The van der Waals surface area contributed by atoms with Crippen molar-refractivity contribution >= 4 is 21.6 Å². The predicted molar refractivity (Wildman–Crippen MR) is 100 cm³/mol. The van der Waals surface area contributed by atoms with Gasteiger partial charge in [-0.05, 0) is 36.8 Å². The first-order valence-electron chi connectivity index (χ1n) is 8.03. The van der Waals surface area contributed by atoms with Crippen molar-refractivity contribution in [1.82, 2.24) is 9.78 Å². The van der Waals surface area contributed by atoms with E-state index in [0.29, 0.717) is 17.9 Å². The van der Waals surface area contributed by atoms with Crippen LogP contribution in [0.1, 0.15) is 21.6 Å². The molecule has 3 rings (SSSR count). The maximum atomic E-state index is 12.5. The summed E-state index contributed by atoms with van der Waals surface area (Å²) < 4.78 is 24.8. The summed E-state index contributed by atoms with van der Waals surface area (Å²) in [6, 6.07) is 17.5. The van der Waals surface area contributed by atoms with Gasteiger partial charge in [0.15, 0.2) is 9.84 Å². The summed E-state index contributed by atoms with van der Waals surface area (Å²) in [5, 5.41) is 7.26. The van der Waals surface area contributed by atoms with Gasteiger partial charge in [0.05, 0.1) is 17.1 Å². The first-order chi connectivity index (χ1) is 12.3. The molecule has 0 radical (unpaired) electrons. The van der Waals surface area contributed by atoms with Gasteiger partial charge in [0.1, 0.15) is 5.82 Å². The molecule has 6 nitrogen and oxygen atoms in total. The standard InChI is InChI=1S/C19H19N3O3S/c1-14-12-18(22(21-14)13-15-6-4-3-5-7-15)20-19(23)16-8-10-17(11-9-16)26(2,24)25/h3-12H,13H2,1-2H3,(H,20,23). The van der Waals surface area contributed by atoms with E-state index in [0.717, 1.165) is 17.5 Å². The van der Waals surface area contributed by atoms with Crippen LogP contribution in [0.2, 0.25) is 0 Å². The summed E-state index contributed by atoms with van der Waals surface area (Å²) in [5.41, 5.74) is 2.25. The van der Waals surface area contributed by atoms with Crippen LogP contribution in [-0.2, 0) is 16.4 Å². The highest BCUT2D eigenvalue weighted by molar-refractivity contribution is 7.90. The Bertz CT molecular complexity index is 1020. The second-order valence-corrected chi connectivity index (χ2v) is 8.08. The van der Waals surface area contributed by atoms with E-state index in [1.165, 1.54) is 24.3 Å². The minimum absolute atomic E-state index is 0.180. The number of nitrogens with zero attached hydrogens (tertiary/aromatic N) is 2. The van der Waals surface area contributed by atoms with Crippen LogP contribution in [0.15, 0.2) is 65.6 Å². The Morgan fingerprint density at radius 1 is 1.08 bits per heavy atom. The number of rotatable bonds is 5. The largest absolute Gasteiger partial charge is 0.307 e. The quantitative estimate of drug-likeness (QED) is 0.750. The highest BCUT2D eigenvalue weighted by Gasteiger charge is 2.13. The van der Waals surface area contributed by atoms with Crippen LogP contribution in [-0.4, -0.2) is 30.4 Å². The van der Waals surface area contributed by atoms with Gasteiger partial charge in [0, 0.05) is 17.9 Å². The van der Waals surface area contributed by atoms with Gasteiger partial charge in [-0.2, -0.15) is 5.10 Å². The van der Waals surface area contributed by atoms with E-state index in [2.05, 4.69) is 10.4 Å². The van der Waals surface area contributed by atoms with Gasteiger partial charge in [-0.15, -0.1) is 0 Å². The summed E-state index contributed by atoms with van der Waals surface area (Å²) in [6.45, 7) is 2.40. The van der Waals surface area contributed by atoms with E-state index >= 15 is 0 Å². The molecule has 0 unspecified atom stereocenters. The fourth-order valence-electron chi connectivity index (χ4n) is 2.56. The maximum Gasteiger partial charge on any atom is 0.256 e. The molecule has 0 fully saturated rings. The molecule has 7 heteroatoms. The Balaban J connectivity index is 1.79. The molecule has 0 saturated heterocycles. The summed E-state index contributed by atoms with van der Waals surface area (Å²) in [7, 11) is -3.29. The average molecular weight is 369 g/mol. The first kappa shape index (κ1) is 17.9. The molecule has 26 heavy (non-hydrogen) atoms. The van der Waals surface area contributed by atoms with Crippen molar-refractivity contribution in [3.8, 4) is 0 Å². The van der Waals surface area contributed by atoms with E-state index in [1.54, 1.807) is 10.7 Å². The summed E-state index contributed by atoms with van der Waals surface area (Å²) in [4.78, 5) is 12.7. The van der Waals surface area contributed by atoms with E-state index in [-0.39, 0.29) is 10.8 Å². The lowest BCUT2D eigenvalue weighted by molar-refractivity contribution is 0.102. The number of aromatic nitrogens is 2. The molecule has 0 bridgehead atoms. The predicted octanol–water partition coefficient (Wildman–Crippen LogP) is 2.90. The van der Waals surface area contributed by atoms with Gasteiger partial charge in [-0.25, -0.2) is 13.1 Å². The molecule has 0 atom stereocenters. The minimum Gasteiger partial charge on any atom is -0.307 e. The number of benzene rings is 2. The monoisotopic (exact) mass is 369 g/mol. The Kier molecular flexibility index (Phi) is 4.90. The molecule has 134 valence electrons. The van der Waals surface area contributed by atoms with Gasteiger partial charge in [-0.1, -0.05) is 30.3 Å². The topological polar surface area (TPSA) is 81.1 Å². The molecule has 0 aliphatic heterocycles. The number of nitrogens with one attached hydrogen (secondary N) is 1. The molecule has 1 amide bonds. The lowest BCUT2D eigenvalue weighted by atomic mass is 10.2. The molecule has 2 aromatic carbocycles. The van der Waals surface area contributed by atoms with Gasteiger partial charge in [-0.3, -0.25) is 4.79 Å². The van der Waals surface area contributed by atoms with Crippen LogP contribution in [0, 0.1) is 6.92 Å². The Hall–Kier alpha value is -2.93. The van der Waals surface area contributed by atoms with Crippen LogP contribution in [0.25, 0.3) is 0 Å². The molecule has 0 aliphatic rings. The van der Waals surface area contributed by atoms with Crippen LogP contribution in [0.3, 0.4) is 0 Å². The molecule has 1 heterocycles. The van der Waals surface area contributed by atoms with Gasteiger partial charge >= 0.3 is 0 Å². The lowest BCUT2D eigenvalue weighted by Crippen LogP contribution is -2.16. The van der Waals surface area contributed by atoms with Gasteiger partial charge in [0.25, 0.3) is 5.91 Å². The van der Waals surface area contributed by atoms with Crippen molar-refractivity contribution in [1.29, 1.82) is 0 Å². The van der Waals surface area contributed by atoms with Crippen molar-refractivity contribution in [2.75, 3.05) is 11.6 Å². The third kappa shape index (κ3) is 4.18. The van der Waals surface area contributed by atoms with Crippen molar-refractivity contribution in [2.45, 2.75) is 18.4 Å². The smallest absolute Gasteiger partial charge is 0.256 e. The van der Waals surface area contributed by atoms with Crippen molar-refractivity contribution < 1.29 is 13.2 Å². The van der Waals surface area contributed by atoms with Crippen LogP contribution >= 0.6 is 0 Å². The van der Waals surface area contributed by atoms with Crippen molar-refractivity contribution in [3.05, 3.63) is 77.5 Å². The fraction of sp³-hybridized carbons (Fsp3) is 0.158. The van der Waals surface area contributed by atoms with Crippen molar-refractivity contribution in [2.24, 2.45) is 0 Å². The second-order valence-electron chi connectivity index (χ2n) is 6.06. The molecular formula is C19H19N3O3S. The van der Waals surface area contributed by atoms with Crippen molar-refractivity contribution in [3.63, 3.8) is 0 Å². The normalized spacial score (nSPS) is 11.3. The number of carbonyl (C=O) groups excluding carboxylic acids is 1. The number of aryl methyl sites for hydroxylation is 1. The Morgan fingerprint density at radius 3 is 2.35 bits per heavy atom. The third-order valence-electron chi connectivity index (χ3n) is 3.86. The summed E-state index contributed by atoms with van der Waals surface area (Å²) >= 11 is 0. The lowest BCUT2D eigenvalue weighted by Gasteiger charge is -2.09. The molecule has 0 saturated carbocycles. The molecule has 1 aromatic heterocycles. The number of hydrogen-bond acceptors (Lipinski definition) is 4. The molecule has 3 aromatic rings. The SMILES string of the molecule is Cc1cc(NC(=O)c2ccc(S(C)(=O)=O)cc2)n(Cc2ccccc2)n1. The number of carbonyl (C=O) groups is 1. The molecular weight excluding hydrogens is 350 g/mol. The summed E-state index contributed by atoms with van der Waals surface area (Å²) in [6.07, 6.45) is 1.13. The Morgan fingerprint density at radius 2 is 1.73 bits per heavy atom. The zero-order chi connectivity index (χ0) is 18.7. The summed E-state index contributed by atoms with van der Waals surface area (Å²) in [5.74, 6) is 0.266. The highest BCUT2D eigenvalue weighted by atomic mass is 32.2. The zero-order valence-corrected chi connectivity index (χ0v) is 15.3. The van der Waals surface area contributed by atoms with E-state index in [9.17, 15) is 13.2 Å². The maximum absolute atomic E-state index is 12.5. The number of anilines is 1.